The highest BCUT2D eigenvalue weighted by Crippen LogP contribution is 2.44. The van der Waals surface area contributed by atoms with Gasteiger partial charge in [0.2, 0.25) is 0 Å². The molecule has 1 saturated carbocycles. The molecule has 17 heavy (non-hydrogen) atoms. The molecule has 0 saturated heterocycles. The fourth-order valence-corrected chi connectivity index (χ4v) is 2.02. The molecule has 0 bridgehead atoms. The van der Waals surface area contributed by atoms with Crippen molar-refractivity contribution >= 4 is 5.91 Å². The lowest BCUT2D eigenvalue weighted by Gasteiger charge is -2.18. The van der Waals surface area contributed by atoms with Gasteiger partial charge in [-0.2, -0.15) is 13.2 Å². The van der Waals surface area contributed by atoms with E-state index in [9.17, 15) is 18.0 Å². The Balaban J connectivity index is 2.02. The molecule has 1 amide bonds. The summed E-state index contributed by atoms with van der Waals surface area (Å²) in [7, 11) is 1.21. The van der Waals surface area contributed by atoms with Crippen LogP contribution in [0.4, 0.5) is 13.2 Å². The van der Waals surface area contributed by atoms with Crippen LogP contribution in [0.1, 0.15) is 17.9 Å². The van der Waals surface area contributed by atoms with Crippen LogP contribution >= 0.6 is 0 Å². The molecule has 1 aromatic rings. The number of hydrogen-bond donors (Lipinski definition) is 0. The van der Waals surface area contributed by atoms with E-state index in [1.165, 1.54) is 7.05 Å². The van der Waals surface area contributed by atoms with Gasteiger partial charge in [0.1, 0.15) is 0 Å². The smallest absolute Gasteiger partial charge is 0.334 e. The van der Waals surface area contributed by atoms with Crippen LogP contribution in [0.5, 0.6) is 0 Å². The Morgan fingerprint density at radius 3 is 2.41 bits per heavy atom. The van der Waals surface area contributed by atoms with Gasteiger partial charge >= 0.3 is 12.1 Å². The van der Waals surface area contributed by atoms with E-state index in [4.69, 9.17) is 0 Å². The zero-order valence-electron chi connectivity index (χ0n) is 9.24. The van der Waals surface area contributed by atoms with Gasteiger partial charge in [-0.25, -0.2) is 0 Å². The number of carbonyl (C=O) groups excluding carboxylic acids is 1. The molecule has 1 aromatic carbocycles. The molecule has 2 atom stereocenters. The summed E-state index contributed by atoms with van der Waals surface area (Å²) in [6.07, 6.45) is -4.18. The van der Waals surface area contributed by atoms with Crippen molar-refractivity contribution in [2.24, 2.45) is 0 Å². The highest BCUT2D eigenvalue weighted by atomic mass is 19.4. The molecule has 5 heteroatoms. The highest BCUT2D eigenvalue weighted by molar-refractivity contribution is 5.82. The maximum atomic E-state index is 12.2. The third-order valence-electron chi connectivity index (χ3n) is 3.04. The molecule has 0 N–H and O–H groups in total. The summed E-state index contributed by atoms with van der Waals surface area (Å²) in [4.78, 5) is 11.8. The van der Waals surface area contributed by atoms with Crippen molar-refractivity contribution < 1.29 is 18.0 Å². The molecule has 0 heterocycles. The number of amides is 1. The minimum atomic E-state index is -4.78. The Morgan fingerprint density at radius 2 is 1.88 bits per heavy atom. The SMILES string of the molecule is CN(C(=O)C(F)(F)F)[C@@H]1C[C@H]1c1ccccc1. The number of nitrogens with zero attached hydrogens (tertiary/aromatic N) is 1. The zero-order valence-corrected chi connectivity index (χ0v) is 9.24. The number of benzene rings is 1. The Hall–Kier alpha value is -1.52. The van der Waals surface area contributed by atoms with Crippen molar-refractivity contribution in [3.05, 3.63) is 35.9 Å². The van der Waals surface area contributed by atoms with Gasteiger partial charge in [0.15, 0.2) is 0 Å². The number of alkyl halides is 3. The second kappa shape index (κ2) is 4.05. The Bertz CT molecular complexity index is 416. The van der Waals surface area contributed by atoms with Crippen molar-refractivity contribution in [1.29, 1.82) is 0 Å². The molecule has 0 radical (unpaired) electrons. The maximum absolute atomic E-state index is 12.2. The quantitative estimate of drug-likeness (QED) is 0.781. The van der Waals surface area contributed by atoms with E-state index in [1.807, 2.05) is 30.3 Å². The van der Waals surface area contributed by atoms with Gasteiger partial charge in [-0.3, -0.25) is 4.79 Å². The van der Waals surface area contributed by atoms with Crippen molar-refractivity contribution in [3.63, 3.8) is 0 Å². The van der Waals surface area contributed by atoms with Gasteiger partial charge in [0, 0.05) is 19.0 Å². The number of carbonyl (C=O) groups is 1. The van der Waals surface area contributed by atoms with Crippen LogP contribution in [0.15, 0.2) is 30.3 Å². The van der Waals surface area contributed by atoms with Crippen LogP contribution in [-0.2, 0) is 4.79 Å². The van der Waals surface area contributed by atoms with E-state index in [0.717, 1.165) is 10.5 Å². The summed E-state index contributed by atoms with van der Waals surface area (Å²) in [6.45, 7) is 0. The Morgan fingerprint density at radius 1 is 1.29 bits per heavy atom. The van der Waals surface area contributed by atoms with Crippen LogP contribution in [0.25, 0.3) is 0 Å². The Labute approximate surface area is 97.0 Å². The summed E-state index contributed by atoms with van der Waals surface area (Å²) in [6, 6.07) is 8.96. The second-order valence-electron chi connectivity index (χ2n) is 4.23. The molecule has 2 rings (SSSR count). The first-order valence-electron chi connectivity index (χ1n) is 5.30. The number of likely N-dealkylation sites (N-methyl/N-ethyl adjacent to an activating group) is 1. The average Bonchev–Trinajstić information content (AvgIpc) is 3.07. The van der Waals surface area contributed by atoms with Gasteiger partial charge < -0.3 is 4.90 Å². The normalized spacial score (nSPS) is 23.3. The average molecular weight is 243 g/mol. The minimum Gasteiger partial charge on any atom is -0.334 e. The van der Waals surface area contributed by atoms with Crippen LogP contribution in [0, 0.1) is 0 Å². The monoisotopic (exact) mass is 243 g/mol. The van der Waals surface area contributed by atoms with Crippen molar-refractivity contribution in [2.75, 3.05) is 7.05 Å². The van der Waals surface area contributed by atoms with E-state index < -0.39 is 12.1 Å². The second-order valence-corrected chi connectivity index (χ2v) is 4.23. The van der Waals surface area contributed by atoms with Crippen molar-refractivity contribution in [3.8, 4) is 0 Å². The van der Waals surface area contributed by atoms with Gasteiger partial charge in [-0.05, 0) is 12.0 Å². The lowest BCUT2D eigenvalue weighted by molar-refractivity contribution is -0.184. The zero-order chi connectivity index (χ0) is 12.6. The van der Waals surface area contributed by atoms with Crippen molar-refractivity contribution in [2.45, 2.75) is 24.6 Å². The van der Waals surface area contributed by atoms with Gasteiger partial charge in [0.05, 0.1) is 0 Å². The van der Waals surface area contributed by atoms with E-state index in [1.54, 1.807) is 0 Å². The number of halogens is 3. The maximum Gasteiger partial charge on any atom is 0.471 e. The summed E-state index contributed by atoms with van der Waals surface area (Å²) in [5, 5.41) is 0. The van der Waals surface area contributed by atoms with Crippen LogP contribution in [0.3, 0.4) is 0 Å². The molecular weight excluding hydrogens is 231 g/mol. The molecule has 0 aliphatic heterocycles. The molecule has 1 fully saturated rings. The molecule has 0 aromatic heterocycles. The first-order chi connectivity index (χ1) is 7.91. The predicted molar refractivity (Wildman–Crippen MR) is 56.4 cm³/mol. The van der Waals surface area contributed by atoms with Gasteiger partial charge in [-0.15, -0.1) is 0 Å². The summed E-state index contributed by atoms with van der Waals surface area (Å²) in [5.74, 6) is -1.73. The highest BCUT2D eigenvalue weighted by Gasteiger charge is 2.50. The van der Waals surface area contributed by atoms with Crippen molar-refractivity contribution in [1.82, 2.24) is 4.90 Å². The Kier molecular flexibility index (Phi) is 2.85. The van der Waals surface area contributed by atoms with E-state index in [0.29, 0.717) is 6.42 Å². The summed E-state index contributed by atoms with van der Waals surface area (Å²) in [5.41, 5.74) is 0.985. The van der Waals surface area contributed by atoms with Crippen LogP contribution < -0.4 is 0 Å². The standard InChI is InChI=1S/C12H12F3NO/c1-16(11(17)12(13,14)15)10-7-9(10)8-5-3-2-4-6-8/h2-6,9-10H,7H2,1H3/t9-,10+/m0/s1. The number of hydrogen-bond acceptors (Lipinski definition) is 1. The third-order valence-corrected chi connectivity index (χ3v) is 3.04. The van der Waals surface area contributed by atoms with Crippen LogP contribution in [-0.4, -0.2) is 30.1 Å². The largest absolute Gasteiger partial charge is 0.471 e. The first kappa shape index (κ1) is 12.0. The lowest BCUT2D eigenvalue weighted by Crippen LogP contribution is -2.40. The molecule has 0 spiro atoms. The lowest BCUT2D eigenvalue weighted by atomic mass is 10.1. The summed E-state index contributed by atoms with van der Waals surface area (Å²) < 4.78 is 36.7. The molecule has 1 aliphatic carbocycles. The molecule has 2 nitrogen and oxygen atoms in total. The van der Waals surface area contributed by atoms with E-state index in [-0.39, 0.29) is 12.0 Å². The molecule has 92 valence electrons. The fraction of sp³-hybridized carbons (Fsp3) is 0.417. The topological polar surface area (TPSA) is 20.3 Å². The van der Waals surface area contributed by atoms with E-state index in [2.05, 4.69) is 0 Å². The third kappa shape index (κ3) is 2.43. The van der Waals surface area contributed by atoms with Gasteiger partial charge in [-0.1, -0.05) is 30.3 Å². The van der Waals surface area contributed by atoms with E-state index >= 15 is 0 Å². The van der Waals surface area contributed by atoms with Gasteiger partial charge in [0.25, 0.3) is 0 Å². The molecular formula is C12H12F3NO. The predicted octanol–water partition coefficient (Wildman–Crippen LogP) is 2.56. The van der Waals surface area contributed by atoms with Crippen LogP contribution in [0.2, 0.25) is 0 Å². The first-order valence-corrected chi connectivity index (χ1v) is 5.30. The molecule has 1 aliphatic rings. The summed E-state index contributed by atoms with van der Waals surface area (Å²) >= 11 is 0. The number of rotatable bonds is 2. The minimum absolute atomic E-state index is 0.0347. The fourth-order valence-electron chi connectivity index (χ4n) is 2.02. The molecule has 0 unspecified atom stereocenters.